The number of carbonyl (C=O) groups excluding carboxylic acids is 1. The summed E-state index contributed by atoms with van der Waals surface area (Å²) in [7, 11) is 0. The van der Waals surface area contributed by atoms with Gasteiger partial charge in [-0.15, -0.1) is 11.3 Å². The van der Waals surface area contributed by atoms with Crippen LogP contribution in [-0.2, 0) is 0 Å². The Labute approximate surface area is 121 Å². The average Bonchev–Trinajstić information content (AvgIpc) is 2.96. The van der Waals surface area contributed by atoms with E-state index in [1.807, 2.05) is 16.3 Å². The van der Waals surface area contributed by atoms with E-state index < -0.39 is 0 Å². The summed E-state index contributed by atoms with van der Waals surface area (Å²) in [5.41, 5.74) is 1.66. The van der Waals surface area contributed by atoms with Gasteiger partial charge in [-0.05, 0) is 31.7 Å². The minimum absolute atomic E-state index is 0.0332. The van der Waals surface area contributed by atoms with E-state index in [4.69, 9.17) is 0 Å². The lowest BCUT2D eigenvalue weighted by molar-refractivity contribution is 0.0729. The fraction of sp³-hybridized carbons (Fsp3) is 0.500. The molecule has 0 spiro atoms. The zero-order valence-electron chi connectivity index (χ0n) is 11.1. The number of hydrogen-bond donors (Lipinski definition) is 1. The Balaban J connectivity index is 1.57. The van der Waals surface area contributed by atoms with Gasteiger partial charge in [0, 0.05) is 29.7 Å². The van der Waals surface area contributed by atoms with Crippen LogP contribution >= 0.6 is 11.3 Å². The zero-order chi connectivity index (χ0) is 13.5. The minimum Gasteiger partial charge on any atom is -0.328 e. The van der Waals surface area contributed by atoms with Crippen molar-refractivity contribution in [3.05, 3.63) is 34.0 Å². The molecule has 1 saturated heterocycles. The Kier molecular flexibility index (Phi) is 2.84. The van der Waals surface area contributed by atoms with Crippen LogP contribution in [0.4, 0.5) is 0 Å². The van der Waals surface area contributed by atoms with Gasteiger partial charge in [-0.2, -0.15) is 5.10 Å². The third-order valence-electron chi connectivity index (χ3n) is 4.08. The quantitative estimate of drug-likeness (QED) is 0.944. The number of likely N-dealkylation sites (tertiary alicyclic amines) is 1. The van der Waals surface area contributed by atoms with Gasteiger partial charge in [0.25, 0.3) is 5.91 Å². The van der Waals surface area contributed by atoms with Crippen LogP contribution in [0.25, 0.3) is 0 Å². The van der Waals surface area contributed by atoms with Crippen LogP contribution in [0.5, 0.6) is 0 Å². The number of H-pyrrole nitrogens is 1. The molecule has 2 fully saturated rings. The van der Waals surface area contributed by atoms with Gasteiger partial charge in [-0.3, -0.25) is 9.89 Å². The lowest BCUT2D eigenvalue weighted by atomic mass is 10.2. The SMILES string of the molecule is O=C(c1cc(C2CC2)[nH]n1)N1CCC[C@@H]1c1nccs1. The largest absolute Gasteiger partial charge is 0.328 e. The van der Waals surface area contributed by atoms with Gasteiger partial charge < -0.3 is 4.90 Å². The number of amides is 1. The van der Waals surface area contributed by atoms with Gasteiger partial charge in [0.1, 0.15) is 10.7 Å². The van der Waals surface area contributed by atoms with Gasteiger partial charge in [0.05, 0.1) is 6.04 Å². The van der Waals surface area contributed by atoms with E-state index in [0.717, 1.165) is 30.1 Å². The molecular weight excluding hydrogens is 272 g/mol. The number of nitrogens with one attached hydrogen (secondary N) is 1. The molecule has 2 aromatic heterocycles. The van der Waals surface area contributed by atoms with Gasteiger partial charge in [-0.25, -0.2) is 4.98 Å². The second kappa shape index (κ2) is 4.70. The summed E-state index contributed by atoms with van der Waals surface area (Å²) in [5.74, 6) is 0.628. The molecule has 20 heavy (non-hydrogen) atoms. The van der Waals surface area contributed by atoms with Crippen LogP contribution in [0.1, 0.15) is 58.8 Å². The van der Waals surface area contributed by atoms with E-state index in [0.29, 0.717) is 11.6 Å². The number of carbonyl (C=O) groups is 1. The first-order valence-corrected chi connectivity index (χ1v) is 7.96. The first-order chi connectivity index (χ1) is 9.83. The number of aromatic amines is 1. The summed E-state index contributed by atoms with van der Waals surface area (Å²) in [6.45, 7) is 0.800. The maximum atomic E-state index is 12.6. The Morgan fingerprint density at radius 2 is 2.30 bits per heavy atom. The lowest BCUT2D eigenvalue weighted by Gasteiger charge is -2.21. The molecule has 1 atom stereocenters. The molecule has 6 heteroatoms. The molecule has 0 bridgehead atoms. The van der Waals surface area contributed by atoms with Gasteiger partial charge >= 0.3 is 0 Å². The highest BCUT2D eigenvalue weighted by Crippen LogP contribution is 2.39. The highest BCUT2D eigenvalue weighted by molar-refractivity contribution is 7.09. The van der Waals surface area contributed by atoms with E-state index in [-0.39, 0.29) is 11.9 Å². The molecule has 1 amide bonds. The third kappa shape index (κ3) is 2.04. The maximum Gasteiger partial charge on any atom is 0.274 e. The third-order valence-corrected chi connectivity index (χ3v) is 4.96. The van der Waals surface area contributed by atoms with Crippen molar-refractivity contribution in [1.82, 2.24) is 20.1 Å². The van der Waals surface area contributed by atoms with Crippen molar-refractivity contribution in [3.63, 3.8) is 0 Å². The van der Waals surface area contributed by atoms with Crippen LogP contribution in [0.2, 0.25) is 0 Å². The summed E-state index contributed by atoms with van der Waals surface area (Å²) in [5, 5.41) is 10.2. The summed E-state index contributed by atoms with van der Waals surface area (Å²) in [4.78, 5) is 18.9. The van der Waals surface area contributed by atoms with E-state index >= 15 is 0 Å². The molecule has 0 radical (unpaired) electrons. The molecule has 5 nitrogen and oxygen atoms in total. The fourth-order valence-corrected chi connectivity index (χ4v) is 3.65. The summed E-state index contributed by atoms with van der Waals surface area (Å²) in [6.07, 6.45) is 6.26. The Hall–Kier alpha value is -1.69. The van der Waals surface area contributed by atoms with Crippen LogP contribution in [0.3, 0.4) is 0 Å². The molecule has 0 aromatic carbocycles. The predicted octanol–water partition coefficient (Wildman–Crippen LogP) is 2.72. The number of hydrogen-bond acceptors (Lipinski definition) is 4. The van der Waals surface area contributed by atoms with Gasteiger partial charge in [-0.1, -0.05) is 0 Å². The molecule has 2 aromatic rings. The van der Waals surface area contributed by atoms with Crippen LogP contribution in [-0.4, -0.2) is 32.5 Å². The Bertz CT molecular complexity index is 617. The zero-order valence-corrected chi connectivity index (χ0v) is 11.9. The minimum atomic E-state index is 0.0332. The second-order valence-corrected chi connectivity index (χ2v) is 6.44. The van der Waals surface area contributed by atoms with Gasteiger partial charge in [0.2, 0.25) is 0 Å². The standard InChI is InChI=1S/C14H16N4OS/c19-14(11-8-10(16-17-11)9-3-4-9)18-6-1-2-12(18)13-15-5-7-20-13/h5,7-9,12H,1-4,6H2,(H,16,17)/t12-/m1/s1. The smallest absolute Gasteiger partial charge is 0.274 e. The van der Waals surface area contributed by atoms with E-state index in [2.05, 4.69) is 15.2 Å². The van der Waals surface area contributed by atoms with Crippen molar-refractivity contribution < 1.29 is 4.79 Å². The molecule has 1 aliphatic carbocycles. The monoisotopic (exact) mass is 288 g/mol. The molecule has 4 rings (SSSR count). The molecule has 1 N–H and O–H groups in total. The number of aromatic nitrogens is 3. The van der Waals surface area contributed by atoms with Crippen molar-refractivity contribution in [2.24, 2.45) is 0 Å². The predicted molar refractivity (Wildman–Crippen MR) is 75.7 cm³/mol. The summed E-state index contributed by atoms with van der Waals surface area (Å²) >= 11 is 1.62. The van der Waals surface area contributed by atoms with E-state index in [1.54, 1.807) is 17.5 Å². The maximum absolute atomic E-state index is 12.6. The Morgan fingerprint density at radius 1 is 1.40 bits per heavy atom. The molecule has 1 aliphatic heterocycles. The van der Waals surface area contributed by atoms with Crippen LogP contribution in [0.15, 0.2) is 17.6 Å². The molecule has 1 saturated carbocycles. The van der Waals surface area contributed by atoms with E-state index in [9.17, 15) is 4.79 Å². The first-order valence-electron chi connectivity index (χ1n) is 7.08. The van der Waals surface area contributed by atoms with Gasteiger partial charge in [0.15, 0.2) is 0 Å². The number of nitrogens with zero attached hydrogens (tertiary/aromatic N) is 3. The highest BCUT2D eigenvalue weighted by Gasteiger charge is 2.34. The van der Waals surface area contributed by atoms with Crippen molar-refractivity contribution in [1.29, 1.82) is 0 Å². The van der Waals surface area contributed by atoms with Crippen molar-refractivity contribution in [2.75, 3.05) is 6.54 Å². The lowest BCUT2D eigenvalue weighted by Crippen LogP contribution is -2.30. The van der Waals surface area contributed by atoms with Crippen LogP contribution < -0.4 is 0 Å². The normalized spacial score (nSPS) is 22.4. The topological polar surface area (TPSA) is 61.9 Å². The summed E-state index contributed by atoms with van der Waals surface area (Å²) < 4.78 is 0. The second-order valence-electron chi connectivity index (χ2n) is 5.51. The molecular formula is C14H16N4OS. The molecule has 0 unspecified atom stereocenters. The van der Waals surface area contributed by atoms with Crippen molar-refractivity contribution >= 4 is 17.2 Å². The highest BCUT2D eigenvalue weighted by atomic mass is 32.1. The summed E-state index contributed by atoms with van der Waals surface area (Å²) in [6, 6.07) is 2.06. The molecule has 104 valence electrons. The molecule has 3 heterocycles. The number of thiazole rings is 1. The first kappa shape index (κ1) is 12.1. The number of rotatable bonds is 3. The van der Waals surface area contributed by atoms with Crippen molar-refractivity contribution in [2.45, 2.75) is 37.6 Å². The van der Waals surface area contributed by atoms with E-state index in [1.165, 1.54) is 12.8 Å². The van der Waals surface area contributed by atoms with Crippen LogP contribution in [0, 0.1) is 0 Å². The average molecular weight is 288 g/mol. The fourth-order valence-electron chi connectivity index (χ4n) is 2.86. The van der Waals surface area contributed by atoms with Crippen molar-refractivity contribution in [3.8, 4) is 0 Å². The molecule has 2 aliphatic rings. The Morgan fingerprint density at radius 3 is 3.05 bits per heavy atom.